The molecule has 0 radical (unpaired) electrons. The van der Waals surface area contributed by atoms with Gasteiger partial charge in [-0.05, 0) is 35.9 Å². The first kappa shape index (κ1) is 16.7. The summed E-state index contributed by atoms with van der Waals surface area (Å²) in [6, 6.07) is 13.4. The molecule has 0 fully saturated rings. The molecule has 2 aliphatic rings. The number of hydrogen-bond donors (Lipinski definition) is 0. The van der Waals surface area contributed by atoms with Crippen LogP contribution in [0.2, 0.25) is 0 Å². The molecular formula is C23H14F3NO. The number of benzene rings is 3. The van der Waals surface area contributed by atoms with Crippen molar-refractivity contribution in [1.82, 2.24) is 0 Å². The first-order valence-corrected chi connectivity index (χ1v) is 8.75. The lowest BCUT2D eigenvalue weighted by molar-refractivity contribution is 0.444. The average Bonchev–Trinajstić information content (AvgIpc) is 2.71. The summed E-state index contributed by atoms with van der Waals surface area (Å²) in [6.45, 7) is 0. The highest BCUT2D eigenvalue weighted by Gasteiger charge is 2.23. The van der Waals surface area contributed by atoms with Crippen molar-refractivity contribution in [2.45, 2.75) is 0 Å². The number of ether oxygens (including phenoxy) is 1. The molecule has 0 saturated heterocycles. The van der Waals surface area contributed by atoms with Crippen molar-refractivity contribution >= 4 is 17.5 Å². The molecule has 0 unspecified atom stereocenters. The van der Waals surface area contributed by atoms with Crippen LogP contribution in [0.15, 0.2) is 60.8 Å². The number of nitrogens with zero attached hydrogens (tertiary/aromatic N) is 1. The Hall–Kier alpha value is -3.47. The van der Waals surface area contributed by atoms with Crippen molar-refractivity contribution in [3.8, 4) is 16.9 Å². The molecule has 3 aromatic carbocycles. The Labute approximate surface area is 159 Å². The van der Waals surface area contributed by atoms with Crippen LogP contribution in [-0.4, -0.2) is 7.05 Å². The van der Waals surface area contributed by atoms with Gasteiger partial charge in [-0.3, -0.25) is 0 Å². The third-order valence-electron chi connectivity index (χ3n) is 5.04. The van der Waals surface area contributed by atoms with E-state index in [0.29, 0.717) is 11.5 Å². The van der Waals surface area contributed by atoms with Crippen LogP contribution in [0.25, 0.3) is 23.0 Å². The Morgan fingerprint density at radius 3 is 2.43 bits per heavy atom. The Kier molecular flexibility index (Phi) is 3.59. The minimum absolute atomic E-state index is 0.145. The van der Waals surface area contributed by atoms with Gasteiger partial charge >= 0.3 is 0 Å². The fourth-order valence-corrected chi connectivity index (χ4v) is 3.73. The highest BCUT2D eigenvalue weighted by molar-refractivity contribution is 5.83. The SMILES string of the molecule is CN1C=CC=c2c1ccc1c2=C(c2cc(F)c(F)c(F)c2)Oc2ccccc2-1. The van der Waals surface area contributed by atoms with Crippen LogP contribution in [0.5, 0.6) is 5.75 Å². The molecule has 2 aliphatic heterocycles. The largest absolute Gasteiger partial charge is 0.455 e. The van der Waals surface area contributed by atoms with Crippen molar-refractivity contribution in [1.29, 1.82) is 0 Å². The highest BCUT2D eigenvalue weighted by atomic mass is 19.2. The van der Waals surface area contributed by atoms with Gasteiger partial charge in [0.25, 0.3) is 0 Å². The minimum atomic E-state index is -1.50. The normalized spacial score (nSPS) is 14.0. The monoisotopic (exact) mass is 377 g/mol. The molecule has 0 aliphatic carbocycles. The number of halogens is 3. The summed E-state index contributed by atoms with van der Waals surface area (Å²) in [4.78, 5) is 1.96. The maximum atomic E-state index is 14.0. The fourth-order valence-electron chi connectivity index (χ4n) is 3.73. The van der Waals surface area contributed by atoms with Crippen LogP contribution >= 0.6 is 0 Å². The van der Waals surface area contributed by atoms with Gasteiger partial charge in [0.05, 0.1) is 0 Å². The summed E-state index contributed by atoms with van der Waals surface area (Å²) < 4.78 is 47.5. The lowest BCUT2D eigenvalue weighted by Crippen LogP contribution is -2.38. The van der Waals surface area contributed by atoms with E-state index in [1.165, 1.54) is 0 Å². The highest BCUT2D eigenvalue weighted by Crippen LogP contribution is 2.35. The first-order valence-electron chi connectivity index (χ1n) is 8.75. The zero-order valence-electron chi connectivity index (χ0n) is 14.8. The van der Waals surface area contributed by atoms with Gasteiger partial charge in [-0.25, -0.2) is 13.2 Å². The van der Waals surface area contributed by atoms with Crippen LogP contribution in [-0.2, 0) is 0 Å². The predicted octanol–water partition coefficient (Wildman–Crippen LogP) is 4.06. The summed E-state index contributed by atoms with van der Waals surface area (Å²) in [6.07, 6.45) is 5.75. The van der Waals surface area contributed by atoms with Crippen LogP contribution in [0.4, 0.5) is 18.9 Å². The standard InChI is InChI=1S/C23H14F3NO/c1-27-10-4-6-16-19(27)9-8-15-14-5-2-3-7-20(14)28-23(21(15)16)13-11-17(24)22(26)18(25)12-13/h2-12H,1H3. The topological polar surface area (TPSA) is 12.5 Å². The van der Waals surface area contributed by atoms with Gasteiger partial charge in [0, 0.05) is 40.5 Å². The van der Waals surface area contributed by atoms with Crippen LogP contribution in [0, 0.1) is 17.5 Å². The summed E-state index contributed by atoms with van der Waals surface area (Å²) in [5.41, 5.74) is 2.86. The molecule has 0 saturated carbocycles. The van der Waals surface area contributed by atoms with E-state index in [4.69, 9.17) is 4.74 Å². The zero-order valence-corrected chi connectivity index (χ0v) is 14.8. The third kappa shape index (κ3) is 2.36. The number of anilines is 1. The van der Waals surface area contributed by atoms with Gasteiger partial charge in [-0.2, -0.15) is 0 Å². The lowest BCUT2D eigenvalue weighted by atomic mass is 9.94. The Morgan fingerprint density at radius 1 is 0.893 bits per heavy atom. The lowest BCUT2D eigenvalue weighted by Gasteiger charge is -2.25. The summed E-state index contributed by atoms with van der Waals surface area (Å²) >= 11 is 0. The Bertz CT molecular complexity index is 1270. The molecule has 0 spiro atoms. The number of para-hydroxylation sites is 1. The molecule has 138 valence electrons. The van der Waals surface area contributed by atoms with Crippen molar-refractivity contribution in [3.05, 3.63) is 94.3 Å². The van der Waals surface area contributed by atoms with E-state index in [2.05, 4.69) is 0 Å². The predicted molar refractivity (Wildman–Crippen MR) is 103 cm³/mol. The molecule has 0 amide bonds. The van der Waals surface area contributed by atoms with E-state index in [-0.39, 0.29) is 5.56 Å². The van der Waals surface area contributed by atoms with Gasteiger partial charge in [0.1, 0.15) is 11.5 Å². The number of rotatable bonds is 1. The second kappa shape index (κ2) is 6.02. The molecule has 3 aromatic rings. The van der Waals surface area contributed by atoms with Crippen molar-refractivity contribution in [2.75, 3.05) is 11.9 Å². The smallest absolute Gasteiger partial charge is 0.194 e. The molecule has 0 N–H and O–H groups in total. The van der Waals surface area contributed by atoms with E-state index >= 15 is 0 Å². The van der Waals surface area contributed by atoms with Crippen LogP contribution in [0.3, 0.4) is 0 Å². The second-order valence-electron chi connectivity index (χ2n) is 6.72. The molecule has 2 heterocycles. The maximum Gasteiger partial charge on any atom is 0.194 e. The minimum Gasteiger partial charge on any atom is -0.455 e. The molecule has 0 aromatic heterocycles. The number of fused-ring (bicyclic) bond motifs is 5. The third-order valence-corrected chi connectivity index (χ3v) is 5.04. The molecular weight excluding hydrogens is 363 g/mol. The van der Waals surface area contributed by atoms with Gasteiger partial charge in [0.2, 0.25) is 0 Å². The summed E-state index contributed by atoms with van der Waals surface area (Å²) in [5, 5.41) is 1.59. The first-order chi connectivity index (χ1) is 13.5. The summed E-state index contributed by atoms with van der Waals surface area (Å²) in [7, 11) is 1.92. The van der Waals surface area contributed by atoms with Crippen LogP contribution < -0.4 is 20.1 Å². The zero-order chi connectivity index (χ0) is 19.4. The quantitative estimate of drug-likeness (QED) is 0.593. The molecule has 5 rings (SSSR count). The maximum absolute atomic E-state index is 14.0. The molecule has 28 heavy (non-hydrogen) atoms. The van der Waals surface area contributed by atoms with E-state index in [9.17, 15) is 13.2 Å². The van der Waals surface area contributed by atoms with Crippen molar-refractivity contribution in [2.24, 2.45) is 0 Å². The van der Waals surface area contributed by atoms with E-state index in [0.717, 1.165) is 39.4 Å². The molecule has 0 atom stereocenters. The Balaban J connectivity index is 1.95. The number of allylic oxidation sites excluding steroid dienone is 1. The molecule has 0 bridgehead atoms. The van der Waals surface area contributed by atoms with Gasteiger partial charge in [0.15, 0.2) is 17.5 Å². The molecule has 2 nitrogen and oxygen atoms in total. The average molecular weight is 377 g/mol. The molecule has 5 heteroatoms. The Morgan fingerprint density at radius 2 is 1.64 bits per heavy atom. The van der Waals surface area contributed by atoms with Crippen molar-refractivity contribution in [3.63, 3.8) is 0 Å². The van der Waals surface area contributed by atoms with E-state index in [1.54, 1.807) is 6.07 Å². The van der Waals surface area contributed by atoms with E-state index < -0.39 is 17.5 Å². The van der Waals surface area contributed by atoms with Gasteiger partial charge in [-0.1, -0.05) is 30.3 Å². The van der Waals surface area contributed by atoms with Crippen molar-refractivity contribution < 1.29 is 17.9 Å². The van der Waals surface area contributed by atoms with E-state index in [1.807, 2.05) is 60.6 Å². The number of hydrogen-bond acceptors (Lipinski definition) is 2. The fraction of sp³-hybridized carbons (Fsp3) is 0.0435. The summed E-state index contributed by atoms with van der Waals surface area (Å²) in [5.74, 6) is -3.13. The second-order valence-corrected chi connectivity index (χ2v) is 6.72. The van der Waals surface area contributed by atoms with Crippen LogP contribution in [0.1, 0.15) is 5.56 Å². The van der Waals surface area contributed by atoms with Gasteiger partial charge in [-0.15, -0.1) is 0 Å². The van der Waals surface area contributed by atoms with Gasteiger partial charge < -0.3 is 9.64 Å².